The van der Waals surface area contributed by atoms with Crippen LogP contribution < -0.4 is 5.73 Å². The molecule has 0 unspecified atom stereocenters. The van der Waals surface area contributed by atoms with Crippen molar-refractivity contribution in [2.45, 2.75) is 0 Å². The zero-order chi connectivity index (χ0) is 7.56. The lowest BCUT2D eigenvalue weighted by Gasteiger charge is -1.91. The highest BCUT2D eigenvalue weighted by Gasteiger charge is 1.96. The molecule has 0 aliphatic carbocycles. The van der Waals surface area contributed by atoms with Gasteiger partial charge in [-0.25, -0.2) is 0 Å². The molecule has 0 aromatic carbocycles. The highest BCUT2D eigenvalue weighted by molar-refractivity contribution is 7.71. The van der Waals surface area contributed by atoms with Crippen LogP contribution in [-0.4, -0.2) is 10.9 Å². The third kappa shape index (κ3) is 1.41. The van der Waals surface area contributed by atoms with E-state index in [9.17, 15) is 4.79 Å². The largest absolute Gasteiger partial charge is 0.364 e. The third-order valence-corrected chi connectivity index (χ3v) is 1.29. The van der Waals surface area contributed by atoms with E-state index < -0.39 is 5.91 Å². The van der Waals surface area contributed by atoms with Gasteiger partial charge >= 0.3 is 0 Å². The Balaban J connectivity index is 3.20. The molecule has 1 aromatic rings. The van der Waals surface area contributed by atoms with Crippen molar-refractivity contribution in [3.05, 3.63) is 28.5 Å². The molecule has 3 N–H and O–H groups in total. The van der Waals surface area contributed by atoms with Gasteiger partial charge in [0.05, 0.1) is 0 Å². The van der Waals surface area contributed by atoms with Gasteiger partial charge in [0.15, 0.2) is 0 Å². The van der Waals surface area contributed by atoms with Crippen LogP contribution in [0.1, 0.15) is 10.5 Å². The summed E-state index contributed by atoms with van der Waals surface area (Å²) >= 11 is 4.79. The summed E-state index contributed by atoms with van der Waals surface area (Å²) in [6.07, 6.45) is 1.59. The standard InChI is InChI=1S/C6H6N2OS/c7-6(9)5-3-4(10)1-2-8-5/h1-3H,(H2,7,9)(H,8,10). The molecule has 0 spiro atoms. The molecule has 4 heteroatoms. The smallest absolute Gasteiger partial charge is 0.265 e. The zero-order valence-corrected chi connectivity index (χ0v) is 5.94. The first-order valence-electron chi connectivity index (χ1n) is 2.68. The van der Waals surface area contributed by atoms with Gasteiger partial charge in [-0.15, -0.1) is 0 Å². The summed E-state index contributed by atoms with van der Waals surface area (Å²) in [4.78, 5) is 13.2. The zero-order valence-electron chi connectivity index (χ0n) is 5.13. The molecule has 0 radical (unpaired) electrons. The number of aromatic nitrogens is 1. The number of aromatic amines is 1. The summed E-state index contributed by atoms with van der Waals surface area (Å²) in [5, 5.41) is 0. The Morgan fingerprint density at radius 1 is 1.70 bits per heavy atom. The first-order chi connectivity index (χ1) is 4.70. The fraction of sp³-hybridized carbons (Fsp3) is 0. The lowest BCUT2D eigenvalue weighted by Crippen LogP contribution is -2.12. The summed E-state index contributed by atoms with van der Waals surface area (Å²) in [5.41, 5.74) is 5.31. The van der Waals surface area contributed by atoms with Crippen molar-refractivity contribution >= 4 is 18.1 Å². The second kappa shape index (κ2) is 2.62. The Morgan fingerprint density at radius 3 is 2.80 bits per heavy atom. The summed E-state index contributed by atoms with van der Waals surface area (Å²) in [7, 11) is 0. The van der Waals surface area contributed by atoms with Crippen LogP contribution in [0.5, 0.6) is 0 Å². The lowest BCUT2D eigenvalue weighted by atomic mass is 10.3. The van der Waals surface area contributed by atoms with E-state index in [4.69, 9.17) is 18.0 Å². The molecule has 3 nitrogen and oxygen atoms in total. The molecule has 52 valence electrons. The summed E-state index contributed by atoms with van der Waals surface area (Å²) in [6.45, 7) is 0. The molecule has 10 heavy (non-hydrogen) atoms. The van der Waals surface area contributed by atoms with Gasteiger partial charge in [0, 0.05) is 10.7 Å². The Labute approximate surface area is 62.9 Å². The third-order valence-electron chi connectivity index (χ3n) is 1.04. The number of nitrogens with two attached hydrogens (primary N) is 1. The molecular formula is C6H6N2OS. The molecule has 0 aliphatic heterocycles. The Bertz CT molecular complexity index is 305. The highest BCUT2D eigenvalue weighted by Crippen LogP contribution is 1.93. The van der Waals surface area contributed by atoms with Gasteiger partial charge < -0.3 is 10.7 Å². The Hall–Kier alpha value is -1.16. The van der Waals surface area contributed by atoms with Crippen molar-refractivity contribution in [2.24, 2.45) is 5.73 Å². The maximum absolute atomic E-state index is 10.5. The number of nitrogens with one attached hydrogen (secondary N) is 1. The van der Waals surface area contributed by atoms with Crippen LogP contribution in [0.3, 0.4) is 0 Å². The van der Waals surface area contributed by atoms with Crippen molar-refractivity contribution in [3.8, 4) is 0 Å². The van der Waals surface area contributed by atoms with Gasteiger partial charge in [-0.3, -0.25) is 4.79 Å². The fourth-order valence-corrected chi connectivity index (χ4v) is 0.774. The van der Waals surface area contributed by atoms with Crippen LogP contribution in [0, 0.1) is 4.51 Å². The van der Waals surface area contributed by atoms with Crippen LogP contribution in [0.25, 0.3) is 0 Å². The van der Waals surface area contributed by atoms with E-state index in [1.54, 1.807) is 12.3 Å². The number of H-pyrrole nitrogens is 1. The second-order valence-electron chi connectivity index (χ2n) is 1.80. The molecular weight excluding hydrogens is 148 g/mol. The van der Waals surface area contributed by atoms with E-state index in [1.807, 2.05) is 0 Å². The van der Waals surface area contributed by atoms with Crippen LogP contribution in [0.4, 0.5) is 0 Å². The summed E-state index contributed by atoms with van der Waals surface area (Å²) in [5.74, 6) is -0.494. The minimum absolute atomic E-state index is 0.340. The molecule has 0 saturated heterocycles. The maximum Gasteiger partial charge on any atom is 0.265 e. The van der Waals surface area contributed by atoms with Gasteiger partial charge in [0.1, 0.15) is 5.69 Å². The van der Waals surface area contributed by atoms with E-state index in [0.29, 0.717) is 10.2 Å². The first kappa shape index (κ1) is 6.95. The Morgan fingerprint density at radius 2 is 2.40 bits per heavy atom. The number of rotatable bonds is 1. The van der Waals surface area contributed by atoms with Gasteiger partial charge in [0.25, 0.3) is 5.91 Å². The average Bonchev–Trinajstić information content (AvgIpc) is 1.88. The van der Waals surface area contributed by atoms with Crippen molar-refractivity contribution in [2.75, 3.05) is 0 Å². The average molecular weight is 154 g/mol. The van der Waals surface area contributed by atoms with E-state index in [1.165, 1.54) is 6.07 Å². The number of pyridine rings is 1. The molecule has 0 fully saturated rings. The van der Waals surface area contributed by atoms with E-state index in [-0.39, 0.29) is 0 Å². The van der Waals surface area contributed by atoms with Crippen LogP contribution >= 0.6 is 12.2 Å². The maximum atomic E-state index is 10.5. The minimum Gasteiger partial charge on any atom is -0.364 e. The fourth-order valence-electron chi connectivity index (χ4n) is 0.588. The lowest BCUT2D eigenvalue weighted by molar-refractivity contribution is 0.0995. The number of amides is 1. The topological polar surface area (TPSA) is 58.9 Å². The Kier molecular flexibility index (Phi) is 1.82. The number of primary amides is 1. The quantitative estimate of drug-likeness (QED) is 0.589. The molecule has 1 rings (SSSR count). The molecule has 1 amide bonds. The molecule has 0 aliphatic rings. The van der Waals surface area contributed by atoms with Crippen LogP contribution in [-0.2, 0) is 0 Å². The van der Waals surface area contributed by atoms with Crippen molar-refractivity contribution in [1.82, 2.24) is 4.98 Å². The van der Waals surface area contributed by atoms with E-state index in [0.717, 1.165) is 0 Å². The molecule has 0 bridgehead atoms. The highest BCUT2D eigenvalue weighted by atomic mass is 32.1. The van der Waals surface area contributed by atoms with E-state index in [2.05, 4.69) is 4.98 Å². The van der Waals surface area contributed by atoms with Crippen molar-refractivity contribution in [1.29, 1.82) is 0 Å². The number of carbonyl (C=O) groups is 1. The monoisotopic (exact) mass is 154 g/mol. The summed E-state index contributed by atoms with van der Waals surface area (Å²) < 4.78 is 0.604. The first-order valence-corrected chi connectivity index (χ1v) is 3.09. The second-order valence-corrected chi connectivity index (χ2v) is 2.27. The number of hydrogen-bond acceptors (Lipinski definition) is 2. The predicted molar refractivity (Wildman–Crippen MR) is 40.1 cm³/mol. The normalized spacial score (nSPS) is 9.20. The molecule has 1 aromatic heterocycles. The van der Waals surface area contributed by atoms with Gasteiger partial charge in [-0.2, -0.15) is 0 Å². The van der Waals surface area contributed by atoms with Crippen molar-refractivity contribution in [3.63, 3.8) is 0 Å². The SMILES string of the molecule is NC(=O)c1cc(=S)cc[nH]1. The molecule has 0 atom stereocenters. The van der Waals surface area contributed by atoms with E-state index >= 15 is 0 Å². The van der Waals surface area contributed by atoms with Crippen molar-refractivity contribution < 1.29 is 4.79 Å². The minimum atomic E-state index is -0.494. The number of carbonyl (C=O) groups excluding carboxylic acids is 1. The molecule has 0 saturated carbocycles. The van der Waals surface area contributed by atoms with Gasteiger partial charge in [0.2, 0.25) is 0 Å². The molecule has 1 heterocycles. The van der Waals surface area contributed by atoms with Gasteiger partial charge in [-0.05, 0) is 12.1 Å². The van der Waals surface area contributed by atoms with Gasteiger partial charge in [-0.1, -0.05) is 12.2 Å². The predicted octanol–water partition coefficient (Wildman–Crippen LogP) is 0.843. The van der Waals surface area contributed by atoms with Crippen LogP contribution in [0.2, 0.25) is 0 Å². The number of hydrogen-bond donors (Lipinski definition) is 2. The van der Waals surface area contributed by atoms with Crippen LogP contribution in [0.15, 0.2) is 18.3 Å². The summed E-state index contributed by atoms with van der Waals surface area (Å²) in [6, 6.07) is 3.21.